The van der Waals surface area contributed by atoms with Crippen LogP contribution in [0.1, 0.15) is 44.1 Å². The van der Waals surface area contributed by atoms with Crippen molar-refractivity contribution in [2.45, 2.75) is 44.1 Å². The highest BCUT2D eigenvalue weighted by atomic mass is 19.1. The molecule has 2 heterocycles. The Hall–Kier alpha value is -2.84. The molecule has 2 N–H and O–H groups in total. The lowest BCUT2D eigenvalue weighted by atomic mass is 9.88. The van der Waals surface area contributed by atoms with Crippen LogP contribution in [0.4, 0.5) is 9.18 Å². The summed E-state index contributed by atoms with van der Waals surface area (Å²) in [5.74, 6) is -0.533. The van der Waals surface area contributed by atoms with Crippen LogP contribution in [0.3, 0.4) is 0 Å². The fourth-order valence-corrected chi connectivity index (χ4v) is 3.86. The van der Waals surface area contributed by atoms with E-state index in [0.717, 1.165) is 18.4 Å². The lowest BCUT2D eigenvalue weighted by Crippen LogP contribution is -2.45. The molecule has 9 heteroatoms. The Bertz CT molecular complexity index is 797. The second-order valence-electron chi connectivity index (χ2n) is 7.63. The summed E-state index contributed by atoms with van der Waals surface area (Å²) in [6, 6.07) is 2.83. The maximum Gasteiger partial charge on any atom is 0.322 e. The van der Waals surface area contributed by atoms with Gasteiger partial charge in [0.1, 0.15) is 5.54 Å². The topological polar surface area (TPSA) is 97.0 Å². The molecule has 0 aliphatic carbocycles. The molecule has 1 aromatic rings. The first-order valence-corrected chi connectivity index (χ1v) is 9.60. The number of hydrogen-bond donors (Lipinski definition) is 2. The summed E-state index contributed by atoms with van der Waals surface area (Å²) in [5.41, 5.74) is -0.128. The van der Waals surface area contributed by atoms with E-state index >= 15 is 0 Å². The van der Waals surface area contributed by atoms with Crippen molar-refractivity contribution in [3.63, 3.8) is 0 Å². The SMILES string of the molecule is COc1cc(C2CCN(C(=O)CCC3(C)NC(=O)NC3=O)CC2)cc(OC)c1F. The molecule has 0 radical (unpaired) electrons. The first kappa shape index (κ1) is 20.9. The highest BCUT2D eigenvalue weighted by Gasteiger charge is 2.42. The van der Waals surface area contributed by atoms with Crippen LogP contribution in [0.5, 0.6) is 11.5 Å². The fraction of sp³-hybridized carbons (Fsp3) is 0.550. The van der Waals surface area contributed by atoms with E-state index in [0.29, 0.717) is 13.1 Å². The molecule has 29 heavy (non-hydrogen) atoms. The second-order valence-corrected chi connectivity index (χ2v) is 7.63. The first-order valence-electron chi connectivity index (χ1n) is 9.60. The highest BCUT2D eigenvalue weighted by Crippen LogP contribution is 2.36. The van der Waals surface area contributed by atoms with E-state index in [4.69, 9.17) is 9.47 Å². The van der Waals surface area contributed by atoms with Crippen molar-refractivity contribution in [2.75, 3.05) is 27.3 Å². The maximum atomic E-state index is 14.1. The highest BCUT2D eigenvalue weighted by molar-refractivity contribution is 6.06. The zero-order valence-corrected chi connectivity index (χ0v) is 16.8. The van der Waals surface area contributed by atoms with Gasteiger partial charge in [-0.1, -0.05) is 0 Å². The number of likely N-dealkylation sites (tertiary alicyclic amines) is 1. The third-order valence-corrected chi connectivity index (χ3v) is 5.74. The van der Waals surface area contributed by atoms with E-state index in [1.54, 1.807) is 24.0 Å². The minimum atomic E-state index is -1.05. The average molecular weight is 407 g/mol. The Kier molecular flexibility index (Phi) is 5.95. The van der Waals surface area contributed by atoms with Gasteiger partial charge >= 0.3 is 6.03 Å². The van der Waals surface area contributed by atoms with E-state index < -0.39 is 23.3 Å². The predicted octanol–water partition coefficient (Wildman–Crippen LogP) is 1.93. The number of carbonyl (C=O) groups is 3. The van der Waals surface area contributed by atoms with Crippen molar-refractivity contribution >= 4 is 17.8 Å². The number of methoxy groups -OCH3 is 2. The van der Waals surface area contributed by atoms with Crippen molar-refractivity contribution in [3.8, 4) is 11.5 Å². The van der Waals surface area contributed by atoms with Crippen LogP contribution in [-0.2, 0) is 9.59 Å². The molecule has 0 bridgehead atoms. The van der Waals surface area contributed by atoms with Gasteiger partial charge in [-0.15, -0.1) is 0 Å². The van der Waals surface area contributed by atoms with Gasteiger partial charge < -0.3 is 19.7 Å². The molecule has 1 atom stereocenters. The smallest absolute Gasteiger partial charge is 0.322 e. The van der Waals surface area contributed by atoms with Gasteiger partial charge in [0.15, 0.2) is 11.5 Å². The van der Waals surface area contributed by atoms with E-state index in [9.17, 15) is 18.8 Å². The molecule has 1 aromatic carbocycles. The van der Waals surface area contributed by atoms with Crippen LogP contribution >= 0.6 is 0 Å². The van der Waals surface area contributed by atoms with Crippen LogP contribution in [-0.4, -0.2) is 55.6 Å². The number of benzene rings is 1. The lowest BCUT2D eigenvalue weighted by Gasteiger charge is -2.33. The molecule has 2 fully saturated rings. The molecule has 0 aromatic heterocycles. The number of amides is 4. The minimum Gasteiger partial charge on any atom is -0.494 e. The van der Waals surface area contributed by atoms with Crippen molar-refractivity contribution in [2.24, 2.45) is 0 Å². The number of halogens is 1. The van der Waals surface area contributed by atoms with Gasteiger partial charge in [0.2, 0.25) is 11.7 Å². The van der Waals surface area contributed by atoms with Crippen molar-refractivity contribution in [1.82, 2.24) is 15.5 Å². The average Bonchev–Trinajstić information content (AvgIpc) is 2.98. The van der Waals surface area contributed by atoms with Crippen LogP contribution in [0.2, 0.25) is 0 Å². The minimum absolute atomic E-state index is 0.0482. The van der Waals surface area contributed by atoms with Crippen LogP contribution < -0.4 is 20.1 Å². The summed E-state index contributed by atoms with van der Waals surface area (Å²) in [4.78, 5) is 37.5. The number of rotatable bonds is 6. The Morgan fingerprint density at radius 1 is 1.21 bits per heavy atom. The van der Waals surface area contributed by atoms with Crippen molar-refractivity contribution < 1.29 is 28.2 Å². The third-order valence-electron chi connectivity index (χ3n) is 5.74. The van der Waals surface area contributed by atoms with E-state index in [1.807, 2.05) is 0 Å². The van der Waals surface area contributed by atoms with E-state index in [1.165, 1.54) is 14.2 Å². The molecule has 2 aliphatic heterocycles. The zero-order chi connectivity index (χ0) is 21.2. The molecule has 0 spiro atoms. The Labute approximate surface area is 168 Å². The largest absolute Gasteiger partial charge is 0.494 e. The lowest BCUT2D eigenvalue weighted by molar-refractivity contribution is -0.133. The first-order chi connectivity index (χ1) is 13.8. The quantitative estimate of drug-likeness (QED) is 0.703. The van der Waals surface area contributed by atoms with Gasteiger partial charge in [-0.2, -0.15) is 4.39 Å². The molecular formula is C20H26FN3O5. The molecule has 3 rings (SSSR count). The summed E-state index contributed by atoms with van der Waals surface area (Å²) in [6.07, 6.45) is 1.89. The van der Waals surface area contributed by atoms with Crippen LogP contribution in [0.15, 0.2) is 12.1 Å². The van der Waals surface area contributed by atoms with Gasteiger partial charge in [0, 0.05) is 19.5 Å². The molecule has 2 saturated heterocycles. The predicted molar refractivity (Wildman–Crippen MR) is 102 cm³/mol. The molecular weight excluding hydrogens is 381 g/mol. The van der Waals surface area contributed by atoms with Crippen LogP contribution in [0, 0.1) is 5.82 Å². The van der Waals surface area contributed by atoms with Crippen molar-refractivity contribution in [3.05, 3.63) is 23.5 Å². The molecule has 0 saturated carbocycles. The Morgan fingerprint density at radius 2 is 1.79 bits per heavy atom. The van der Waals surface area contributed by atoms with Crippen molar-refractivity contribution in [1.29, 1.82) is 0 Å². The van der Waals surface area contributed by atoms with Crippen LogP contribution in [0.25, 0.3) is 0 Å². The molecule has 8 nitrogen and oxygen atoms in total. The van der Waals surface area contributed by atoms with Gasteiger partial charge in [0.05, 0.1) is 14.2 Å². The van der Waals surface area contributed by atoms with Gasteiger partial charge in [-0.25, -0.2) is 4.79 Å². The number of piperidine rings is 1. The summed E-state index contributed by atoms with van der Waals surface area (Å²) in [6.45, 7) is 2.75. The number of urea groups is 1. The summed E-state index contributed by atoms with van der Waals surface area (Å²) in [5, 5.41) is 4.76. The zero-order valence-electron chi connectivity index (χ0n) is 16.8. The van der Waals surface area contributed by atoms with Gasteiger partial charge in [0.25, 0.3) is 5.91 Å². The summed E-state index contributed by atoms with van der Waals surface area (Å²) < 4.78 is 24.3. The molecule has 1 unspecified atom stereocenters. The Balaban J connectivity index is 1.57. The summed E-state index contributed by atoms with van der Waals surface area (Å²) in [7, 11) is 2.83. The fourth-order valence-electron chi connectivity index (χ4n) is 3.86. The monoisotopic (exact) mass is 407 g/mol. The van der Waals surface area contributed by atoms with Gasteiger partial charge in [-0.05, 0) is 49.8 Å². The van der Waals surface area contributed by atoms with E-state index in [2.05, 4.69) is 10.6 Å². The normalized spacial score (nSPS) is 22.3. The van der Waals surface area contributed by atoms with E-state index in [-0.39, 0.29) is 36.2 Å². The second kappa shape index (κ2) is 8.26. The number of carbonyl (C=O) groups excluding carboxylic acids is 3. The number of nitrogens with one attached hydrogen (secondary N) is 2. The molecule has 4 amide bonds. The number of imide groups is 1. The summed E-state index contributed by atoms with van der Waals surface area (Å²) >= 11 is 0. The Morgan fingerprint density at radius 3 is 2.28 bits per heavy atom. The molecule has 2 aliphatic rings. The standard InChI is InChI=1S/C20H26FN3O5/c1-20(18(26)22-19(27)23-20)7-4-16(25)24-8-5-12(6-9-24)13-10-14(28-2)17(21)15(11-13)29-3/h10-12H,4-9H2,1-3H3,(H2,22,23,26,27). The number of nitrogens with zero attached hydrogens (tertiary/aromatic N) is 1. The third kappa shape index (κ3) is 4.28. The van der Waals surface area contributed by atoms with Gasteiger partial charge in [-0.3, -0.25) is 14.9 Å². The number of hydrogen-bond acceptors (Lipinski definition) is 5. The molecule has 158 valence electrons. The maximum absolute atomic E-state index is 14.1. The number of ether oxygens (including phenoxy) is 2.